The molecule has 1 aliphatic heterocycles. The van der Waals surface area contributed by atoms with Crippen LogP contribution in [0.3, 0.4) is 0 Å². The molecule has 3 rings (SSSR count). The number of nitrogens with zero attached hydrogens (tertiary/aromatic N) is 1. The maximum Gasteiger partial charge on any atom is 0.261 e. The van der Waals surface area contributed by atoms with Gasteiger partial charge < -0.3 is 20.4 Å². The second-order valence-corrected chi connectivity index (χ2v) is 6.33. The van der Waals surface area contributed by atoms with Gasteiger partial charge in [0.05, 0.1) is 7.11 Å². The van der Waals surface area contributed by atoms with Crippen molar-refractivity contribution in [2.24, 2.45) is 5.73 Å². The normalized spacial score (nSPS) is 17.8. The zero-order chi connectivity index (χ0) is 17.8. The average Bonchev–Trinajstić information content (AvgIpc) is 2.86. The van der Waals surface area contributed by atoms with Crippen molar-refractivity contribution in [3.63, 3.8) is 0 Å². The van der Waals surface area contributed by atoms with Crippen molar-refractivity contribution in [1.82, 2.24) is 9.88 Å². The highest BCUT2D eigenvalue weighted by atomic mass is 16.5. The molecule has 1 saturated heterocycles. The molecule has 1 aromatic carbocycles. The van der Waals surface area contributed by atoms with Crippen LogP contribution in [0.25, 0.3) is 11.3 Å². The number of aromatic nitrogens is 1. The van der Waals surface area contributed by atoms with Crippen LogP contribution in [0, 0.1) is 0 Å². The molecule has 1 fully saturated rings. The van der Waals surface area contributed by atoms with Crippen molar-refractivity contribution >= 4 is 5.91 Å². The third-order valence-corrected chi connectivity index (χ3v) is 4.60. The Morgan fingerprint density at radius 2 is 1.92 bits per heavy atom. The molecule has 1 amide bonds. The fourth-order valence-electron chi connectivity index (χ4n) is 3.08. The van der Waals surface area contributed by atoms with Crippen LogP contribution in [-0.2, 0) is 0 Å². The Morgan fingerprint density at radius 3 is 2.60 bits per heavy atom. The number of hydrogen-bond acceptors (Lipinski definition) is 4. The lowest BCUT2D eigenvalue weighted by molar-refractivity contribution is 0.0759. The molecule has 0 spiro atoms. The van der Waals surface area contributed by atoms with Gasteiger partial charge in [-0.15, -0.1) is 0 Å². The largest absolute Gasteiger partial charge is 0.497 e. The van der Waals surface area contributed by atoms with E-state index in [0.29, 0.717) is 18.8 Å². The number of amides is 1. The quantitative estimate of drug-likeness (QED) is 0.894. The first-order valence-corrected chi connectivity index (χ1v) is 8.51. The molecule has 2 aromatic rings. The zero-order valence-corrected chi connectivity index (χ0v) is 14.3. The minimum absolute atomic E-state index is 0.133. The summed E-state index contributed by atoms with van der Waals surface area (Å²) >= 11 is 0. The van der Waals surface area contributed by atoms with Gasteiger partial charge in [0, 0.05) is 24.8 Å². The molecule has 0 aliphatic carbocycles. The Labute approximate surface area is 146 Å². The van der Waals surface area contributed by atoms with E-state index < -0.39 is 0 Å². The summed E-state index contributed by atoms with van der Waals surface area (Å²) in [5.41, 5.74) is 7.29. The van der Waals surface area contributed by atoms with E-state index in [1.165, 1.54) is 0 Å². The molecular weight excluding hydrogens is 318 g/mol. The van der Waals surface area contributed by atoms with E-state index in [9.17, 15) is 9.59 Å². The van der Waals surface area contributed by atoms with Gasteiger partial charge in [0.15, 0.2) is 0 Å². The maximum absolute atomic E-state index is 12.7. The average molecular weight is 341 g/mol. The van der Waals surface area contributed by atoms with Gasteiger partial charge in [-0.1, -0.05) is 0 Å². The number of benzene rings is 1. The number of hydrogen-bond donors (Lipinski definition) is 2. The monoisotopic (exact) mass is 341 g/mol. The highest BCUT2D eigenvalue weighted by molar-refractivity contribution is 5.94. The third kappa shape index (κ3) is 3.91. The van der Waals surface area contributed by atoms with Gasteiger partial charge in [0.1, 0.15) is 11.3 Å². The molecular formula is C19H23N3O3. The van der Waals surface area contributed by atoms with Gasteiger partial charge in [-0.3, -0.25) is 9.59 Å². The third-order valence-electron chi connectivity index (χ3n) is 4.60. The SMILES string of the molecule is COc1ccc(-c2ccc(C(=O)N3CCC[C@H](N)CC3)c(=O)[nH]2)cc1. The summed E-state index contributed by atoms with van der Waals surface area (Å²) in [5.74, 6) is 0.522. The summed E-state index contributed by atoms with van der Waals surface area (Å²) in [5, 5.41) is 0. The second kappa shape index (κ2) is 7.53. The molecule has 0 saturated carbocycles. The predicted octanol–water partition coefficient (Wildman–Crippen LogP) is 2.00. The number of rotatable bonds is 3. The lowest BCUT2D eigenvalue weighted by Gasteiger charge is -2.20. The minimum atomic E-state index is -0.369. The highest BCUT2D eigenvalue weighted by Gasteiger charge is 2.22. The molecule has 3 N–H and O–H groups in total. The number of nitrogens with two attached hydrogens (primary N) is 1. The standard InChI is InChI=1S/C19H23N3O3/c1-25-15-6-4-13(5-7-15)17-9-8-16(18(23)21-17)19(24)22-11-2-3-14(20)10-12-22/h4-9,14H,2-3,10-12,20H2,1H3,(H,21,23)/t14-/m0/s1. The van der Waals surface area contributed by atoms with Gasteiger partial charge in [-0.2, -0.15) is 0 Å². The minimum Gasteiger partial charge on any atom is -0.497 e. The van der Waals surface area contributed by atoms with Crippen LogP contribution in [-0.4, -0.2) is 42.0 Å². The smallest absolute Gasteiger partial charge is 0.261 e. The molecule has 6 heteroatoms. The predicted molar refractivity (Wildman–Crippen MR) is 96.8 cm³/mol. The fourth-order valence-corrected chi connectivity index (χ4v) is 3.08. The lowest BCUT2D eigenvalue weighted by Crippen LogP contribution is -2.36. The van der Waals surface area contributed by atoms with E-state index >= 15 is 0 Å². The molecule has 0 radical (unpaired) electrons. The van der Waals surface area contributed by atoms with E-state index in [1.54, 1.807) is 24.1 Å². The number of carbonyl (C=O) groups excluding carboxylic acids is 1. The summed E-state index contributed by atoms with van der Waals surface area (Å²) in [6.45, 7) is 1.24. The van der Waals surface area contributed by atoms with Crippen molar-refractivity contribution in [3.05, 3.63) is 52.3 Å². The highest BCUT2D eigenvalue weighted by Crippen LogP contribution is 2.20. The van der Waals surface area contributed by atoms with Gasteiger partial charge in [0.2, 0.25) is 0 Å². The summed E-state index contributed by atoms with van der Waals surface area (Å²) in [4.78, 5) is 29.6. The molecule has 0 bridgehead atoms. The van der Waals surface area contributed by atoms with Crippen molar-refractivity contribution in [2.45, 2.75) is 25.3 Å². The first-order valence-electron chi connectivity index (χ1n) is 8.51. The van der Waals surface area contributed by atoms with Crippen LogP contribution in [0.2, 0.25) is 0 Å². The molecule has 6 nitrogen and oxygen atoms in total. The Bertz CT molecular complexity index is 798. The summed E-state index contributed by atoms with van der Waals surface area (Å²) in [6.07, 6.45) is 2.55. The number of carbonyl (C=O) groups is 1. The van der Waals surface area contributed by atoms with E-state index in [2.05, 4.69) is 4.98 Å². The summed E-state index contributed by atoms with van der Waals surface area (Å²) in [7, 11) is 1.60. The first-order chi connectivity index (χ1) is 12.1. The Balaban J connectivity index is 1.81. The number of aromatic amines is 1. The van der Waals surface area contributed by atoms with Gasteiger partial charge in [0.25, 0.3) is 11.5 Å². The molecule has 132 valence electrons. The van der Waals surface area contributed by atoms with E-state index in [0.717, 1.165) is 30.6 Å². The topological polar surface area (TPSA) is 88.4 Å². The zero-order valence-electron chi connectivity index (χ0n) is 14.3. The van der Waals surface area contributed by atoms with Crippen LogP contribution in [0.5, 0.6) is 5.75 Å². The van der Waals surface area contributed by atoms with Crippen molar-refractivity contribution in [2.75, 3.05) is 20.2 Å². The number of H-pyrrole nitrogens is 1. The van der Waals surface area contributed by atoms with E-state index in [-0.39, 0.29) is 23.1 Å². The molecule has 25 heavy (non-hydrogen) atoms. The van der Waals surface area contributed by atoms with Crippen LogP contribution in [0.1, 0.15) is 29.6 Å². The van der Waals surface area contributed by atoms with Crippen LogP contribution >= 0.6 is 0 Å². The number of likely N-dealkylation sites (tertiary alicyclic amines) is 1. The van der Waals surface area contributed by atoms with E-state index in [1.807, 2.05) is 24.3 Å². The van der Waals surface area contributed by atoms with Crippen molar-refractivity contribution in [3.8, 4) is 17.0 Å². The lowest BCUT2D eigenvalue weighted by atomic mass is 10.1. The van der Waals surface area contributed by atoms with Gasteiger partial charge >= 0.3 is 0 Å². The first kappa shape index (κ1) is 17.2. The maximum atomic E-state index is 12.7. The van der Waals surface area contributed by atoms with Crippen LogP contribution in [0.15, 0.2) is 41.2 Å². The Hall–Kier alpha value is -2.60. The molecule has 1 atom stereocenters. The summed E-state index contributed by atoms with van der Waals surface area (Å²) in [6, 6.07) is 10.9. The number of nitrogens with one attached hydrogen (secondary N) is 1. The van der Waals surface area contributed by atoms with Crippen molar-refractivity contribution in [1.29, 1.82) is 0 Å². The molecule has 1 aromatic heterocycles. The second-order valence-electron chi connectivity index (χ2n) is 6.33. The number of ether oxygens (including phenoxy) is 1. The Morgan fingerprint density at radius 1 is 1.16 bits per heavy atom. The Kier molecular flexibility index (Phi) is 5.19. The number of pyridine rings is 1. The van der Waals surface area contributed by atoms with Crippen molar-refractivity contribution < 1.29 is 9.53 Å². The van der Waals surface area contributed by atoms with E-state index in [4.69, 9.17) is 10.5 Å². The van der Waals surface area contributed by atoms with Crippen LogP contribution in [0.4, 0.5) is 0 Å². The van der Waals surface area contributed by atoms with Crippen LogP contribution < -0.4 is 16.0 Å². The fraction of sp³-hybridized carbons (Fsp3) is 0.368. The molecule has 2 heterocycles. The molecule has 1 aliphatic rings. The molecule has 0 unspecified atom stereocenters. The van der Waals surface area contributed by atoms with Gasteiger partial charge in [-0.05, 0) is 61.2 Å². The summed E-state index contributed by atoms with van der Waals surface area (Å²) < 4.78 is 5.13. The van der Waals surface area contributed by atoms with Gasteiger partial charge in [-0.25, -0.2) is 0 Å². The number of methoxy groups -OCH3 is 1.